The second-order valence-corrected chi connectivity index (χ2v) is 5.70. The number of anilines is 1. The average molecular weight is 294 g/mol. The highest BCUT2D eigenvalue weighted by molar-refractivity contribution is 5.80. The maximum atomic E-state index is 4.53. The van der Waals surface area contributed by atoms with Gasteiger partial charge in [-0.3, -0.25) is 0 Å². The molecule has 4 rings (SSSR count). The zero-order valence-corrected chi connectivity index (χ0v) is 12.5. The Morgan fingerprint density at radius 3 is 2.45 bits per heavy atom. The number of piperazine rings is 1. The Balaban J connectivity index is 1.58. The first-order chi connectivity index (χ1) is 10.8. The van der Waals surface area contributed by atoms with Crippen molar-refractivity contribution in [3.8, 4) is 11.1 Å². The summed E-state index contributed by atoms with van der Waals surface area (Å²) in [6.45, 7) is 4.07. The van der Waals surface area contributed by atoms with Crippen molar-refractivity contribution in [2.45, 2.75) is 0 Å². The molecule has 112 valence electrons. The molecular weight excluding hydrogens is 276 g/mol. The number of aromatic amines is 1. The highest BCUT2D eigenvalue weighted by Gasteiger charge is 2.16. The summed E-state index contributed by atoms with van der Waals surface area (Å²) in [7, 11) is 2.14. The molecule has 1 fully saturated rings. The summed E-state index contributed by atoms with van der Waals surface area (Å²) in [5.74, 6) is 0.813. The van der Waals surface area contributed by atoms with E-state index in [0.29, 0.717) is 0 Å². The molecule has 0 aliphatic carbocycles. The number of aromatic nitrogens is 4. The fourth-order valence-electron chi connectivity index (χ4n) is 2.74. The number of hydrogen-bond acceptors (Lipinski definition) is 5. The summed E-state index contributed by atoms with van der Waals surface area (Å²) < 4.78 is 0. The summed E-state index contributed by atoms with van der Waals surface area (Å²) in [6, 6.07) is 4.12. The third-order valence-electron chi connectivity index (χ3n) is 4.16. The Morgan fingerprint density at radius 2 is 1.68 bits per heavy atom. The molecule has 0 spiro atoms. The van der Waals surface area contributed by atoms with Gasteiger partial charge in [-0.1, -0.05) is 0 Å². The van der Waals surface area contributed by atoms with E-state index in [0.717, 1.165) is 54.3 Å². The summed E-state index contributed by atoms with van der Waals surface area (Å²) in [5, 5.41) is 1.10. The van der Waals surface area contributed by atoms with Crippen molar-refractivity contribution in [2.75, 3.05) is 38.1 Å². The van der Waals surface area contributed by atoms with Crippen LogP contribution in [0, 0.1) is 0 Å². The van der Waals surface area contributed by atoms with E-state index in [-0.39, 0.29) is 0 Å². The fraction of sp³-hybridized carbons (Fsp3) is 0.312. The molecule has 3 aromatic rings. The molecule has 0 unspecified atom stereocenters. The van der Waals surface area contributed by atoms with E-state index >= 15 is 0 Å². The van der Waals surface area contributed by atoms with E-state index in [1.54, 1.807) is 0 Å². The standard InChI is InChI=1S/C16H18N6/c1-21-4-6-22(7-5-21)16-19-10-14(11-20-16)13-8-12-2-3-17-15(12)18-9-13/h2-3,8-11H,4-7H2,1H3,(H,17,18). The number of H-pyrrole nitrogens is 1. The van der Waals surface area contributed by atoms with Gasteiger partial charge in [-0.2, -0.15) is 0 Å². The summed E-state index contributed by atoms with van der Waals surface area (Å²) in [5.41, 5.74) is 2.93. The van der Waals surface area contributed by atoms with Gasteiger partial charge < -0.3 is 14.8 Å². The maximum absolute atomic E-state index is 4.53. The number of hydrogen-bond donors (Lipinski definition) is 1. The van der Waals surface area contributed by atoms with Crippen LogP contribution in [0.1, 0.15) is 0 Å². The Kier molecular flexibility index (Phi) is 3.23. The molecule has 22 heavy (non-hydrogen) atoms. The van der Waals surface area contributed by atoms with Crippen LogP contribution in [0.3, 0.4) is 0 Å². The monoisotopic (exact) mass is 294 g/mol. The largest absolute Gasteiger partial charge is 0.346 e. The minimum absolute atomic E-state index is 0.813. The maximum Gasteiger partial charge on any atom is 0.225 e. The van der Waals surface area contributed by atoms with Crippen molar-refractivity contribution < 1.29 is 0 Å². The van der Waals surface area contributed by atoms with Gasteiger partial charge in [0.1, 0.15) is 5.65 Å². The second kappa shape index (κ2) is 5.38. The van der Waals surface area contributed by atoms with Crippen molar-refractivity contribution in [3.63, 3.8) is 0 Å². The van der Waals surface area contributed by atoms with E-state index in [9.17, 15) is 0 Å². The summed E-state index contributed by atoms with van der Waals surface area (Å²) in [4.78, 5) is 21.1. The molecule has 0 bridgehead atoms. The molecule has 0 amide bonds. The predicted molar refractivity (Wildman–Crippen MR) is 86.8 cm³/mol. The van der Waals surface area contributed by atoms with Crippen molar-refractivity contribution in [1.82, 2.24) is 24.8 Å². The van der Waals surface area contributed by atoms with E-state index in [1.165, 1.54) is 0 Å². The zero-order chi connectivity index (χ0) is 14.9. The average Bonchev–Trinajstić information content (AvgIpc) is 3.03. The Bertz CT molecular complexity index is 771. The van der Waals surface area contributed by atoms with Crippen LogP contribution in [0.2, 0.25) is 0 Å². The predicted octanol–water partition coefficient (Wildman–Crippen LogP) is 1.77. The van der Waals surface area contributed by atoms with E-state index < -0.39 is 0 Å². The number of rotatable bonds is 2. The number of likely N-dealkylation sites (N-methyl/N-ethyl adjacent to an activating group) is 1. The number of fused-ring (bicyclic) bond motifs is 1. The van der Waals surface area contributed by atoms with Gasteiger partial charge in [0.15, 0.2) is 0 Å². The smallest absolute Gasteiger partial charge is 0.225 e. The van der Waals surface area contributed by atoms with Gasteiger partial charge in [-0.25, -0.2) is 15.0 Å². The lowest BCUT2D eigenvalue weighted by molar-refractivity contribution is 0.311. The molecule has 0 saturated carbocycles. The molecular formula is C16H18N6. The Hall–Kier alpha value is -2.47. The molecule has 6 nitrogen and oxygen atoms in total. The number of nitrogens with zero attached hydrogens (tertiary/aromatic N) is 5. The molecule has 6 heteroatoms. The number of nitrogens with one attached hydrogen (secondary N) is 1. The van der Waals surface area contributed by atoms with Crippen molar-refractivity contribution in [1.29, 1.82) is 0 Å². The van der Waals surface area contributed by atoms with Crippen LogP contribution in [0.5, 0.6) is 0 Å². The highest BCUT2D eigenvalue weighted by atomic mass is 15.3. The van der Waals surface area contributed by atoms with Gasteiger partial charge in [0.25, 0.3) is 0 Å². The Morgan fingerprint density at radius 1 is 0.955 bits per heavy atom. The SMILES string of the molecule is CN1CCN(c2ncc(-c3cnc4[nH]ccc4c3)cn2)CC1. The molecule has 1 aliphatic rings. The van der Waals surface area contributed by atoms with E-state index in [1.807, 2.05) is 30.9 Å². The minimum atomic E-state index is 0.813. The van der Waals surface area contributed by atoms with Crippen LogP contribution in [0.15, 0.2) is 36.9 Å². The van der Waals surface area contributed by atoms with Crippen LogP contribution >= 0.6 is 0 Å². The third kappa shape index (κ3) is 2.42. The van der Waals surface area contributed by atoms with E-state index in [4.69, 9.17) is 0 Å². The summed E-state index contributed by atoms with van der Waals surface area (Å²) >= 11 is 0. The van der Waals surface area contributed by atoms with Crippen LogP contribution in [0.25, 0.3) is 22.2 Å². The van der Waals surface area contributed by atoms with Gasteiger partial charge in [-0.15, -0.1) is 0 Å². The molecule has 1 saturated heterocycles. The third-order valence-corrected chi connectivity index (χ3v) is 4.16. The van der Waals surface area contributed by atoms with Crippen LogP contribution < -0.4 is 4.90 Å². The fourth-order valence-corrected chi connectivity index (χ4v) is 2.74. The minimum Gasteiger partial charge on any atom is -0.346 e. The first-order valence-corrected chi connectivity index (χ1v) is 7.49. The normalized spacial score (nSPS) is 16.3. The van der Waals surface area contributed by atoms with Crippen molar-refractivity contribution in [2.24, 2.45) is 0 Å². The Labute approximate surface area is 128 Å². The molecule has 0 aromatic carbocycles. The molecule has 3 aromatic heterocycles. The molecule has 0 atom stereocenters. The lowest BCUT2D eigenvalue weighted by Crippen LogP contribution is -2.45. The first-order valence-electron chi connectivity index (χ1n) is 7.49. The van der Waals surface area contributed by atoms with Crippen molar-refractivity contribution >= 4 is 17.0 Å². The summed E-state index contributed by atoms with van der Waals surface area (Å²) in [6.07, 6.45) is 7.52. The highest BCUT2D eigenvalue weighted by Crippen LogP contribution is 2.22. The van der Waals surface area contributed by atoms with Gasteiger partial charge >= 0.3 is 0 Å². The first kappa shape index (κ1) is 13.2. The second-order valence-electron chi connectivity index (χ2n) is 5.70. The van der Waals surface area contributed by atoms with Crippen LogP contribution in [-0.2, 0) is 0 Å². The van der Waals surface area contributed by atoms with Crippen LogP contribution in [0.4, 0.5) is 5.95 Å². The zero-order valence-electron chi connectivity index (χ0n) is 12.5. The molecule has 1 aliphatic heterocycles. The van der Waals surface area contributed by atoms with Gasteiger partial charge in [0.05, 0.1) is 0 Å². The van der Waals surface area contributed by atoms with Crippen molar-refractivity contribution in [3.05, 3.63) is 36.9 Å². The molecule has 0 radical (unpaired) electrons. The number of pyridine rings is 1. The van der Waals surface area contributed by atoms with Gasteiger partial charge in [0.2, 0.25) is 5.95 Å². The van der Waals surface area contributed by atoms with Gasteiger partial charge in [0, 0.05) is 67.5 Å². The van der Waals surface area contributed by atoms with E-state index in [2.05, 4.69) is 42.8 Å². The van der Waals surface area contributed by atoms with Crippen LogP contribution in [-0.4, -0.2) is 58.1 Å². The van der Waals surface area contributed by atoms with Gasteiger partial charge in [-0.05, 0) is 19.2 Å². The quantitative estimate of drug-likeness (QED) is 0.780. The molecule has 1 N–H and O–H groups in total. The lowest BCUT2D eigenvalue weighted by Gasteiger charge is -2.32. The topological polar surface area (TPSA) is 60.9 Å². The lowest BCUT2D eigenvalue weighted by atomic mass is 10.1. The molecule has 4 heterocycles.